The zero-order valence-corrected chi connectivity index (χ0v) is 16.8. The molecule has 1 aromatic rings. The van der Waals surface area contributed by atoms with Gasteiger partial charge in [-0.15, -0.1) is 0 Å². The lowest BCUT2D eigenvalue weighted by Crippen LogP contribution is -2.38. The summed E-state index contributed by atoms with van der Waals surface area (Å²) in [5.41, 5.74) is 2.01. The number of nitro benzene ring substituents is 1. The van der Waals surface area contributed by atoms with Gasteiger partial charge in [0, 0.05) is 35.4 Å². The standard InChI is InChI=1S/C20H21ClN2O5/c1-10-16(19(25)28-4)17(11-5-6-12(21)14(7-11)23(26)27)18-13(22-10)8-20(2,3)9-15(18)24/h5-7,17,22H,8-9H2,1-4H3. The Morgan fingerprint density at radius 1 is 1.36 bits per heavy atom. The van der Waals surface area contributed by atoms with E-state index in [9.17, 15) is 19.7 Å². The van der Waals surface area contributed by atoms with Gasteiger partial charge < -0.3 is 10.1 Å². The Labute approximate surface area is 167 Å². The van der Waals surface area contributed by atoms with Crippen molar-refractivity contribution in [2.24, 2.45) is 5.41 Å². The minimum atomic E-state index is -0.747. The number of allylic oxidation sites excluding steroid dienone is 3. The Kier molecular flexibility index (Phi) is 5.06. The highest BCUT2D eigenvalue weighted by Crippen LogP contribution is 2.47. The van der Waals surface area contributed by atoms with Crippen molar-refractivity contribution >= 4 is 29.0 Å². The summed E-state index contributed by atoms with van der Waals surface area (Å²) in [4.78, 5) is 36.4. The zero-order chi connectivity index (χ0) is 20.8. The van der Waals surface area contributed by atoms with Crippen molar-refractivity contribution in [3.63, 3.8) is 0 Å². The van der Waals surface area contributed by atoms with Gasteiger partial charge in [-0.3, -0.25) is 14.9 Å². The molecule has 1 atom stereocenters. The molecule has 0 spiro atoms. The third kappa shape index (κ3) is 3.42. The topological polar surface area (TPSA) is 98.5 Å². The molecule has 1 aliphatic heterocycles. The Morgan fingerprint density at radius 3 is 2.64 bits per heavy atom. The van der Waals surface area contributed by atoms with E-state index in [1.807, 2.05) is 13.8 Å². The molecular formula is C20H21ClN2O5. The van der Waals surface area contributed by atoms with Gasteiger partial charge >= 0.3 is 5.97 Å². The van der Waals surface area contributed by atoms with Gasteiger partial charge in [0.1, 0.15) is 5.02 Å². The number of nitrogens with one attached hydrogen (secondary N) is 1. The largest absolute Gasteiger partial charge is 0.466 e. The highest BCUT2D eigenvalue weighted by molar-refractivity contribution is 6.32. The first kappa shape index (κ1) is 20.1. The van der Waals surface area contributed by atoms with Crippen LogP contribution < -0.4 is 5.32 Å². The molecule has 7 nitrogen and oxygen atoms in total. The number of ketones is 1. The highest BCUT2D eigenvalue weighted by Gasteiger charge is 2.43. The summed E-state index contributed by atoms with van der Waals surface area (Å²) in [5.74, 6) is -1.42. The molecule has 0 fully saturated rings. The number of rotatable bonds is 3. The number of carbonyl (C=O) groups excluding carboxylic acids is 2. The SMILES string of the molecule is COC(=O)C1=C(C)NC2=C(C(=O)CC(C)(C)C2)C1c1ccc(Cl)c([N+](=O)[O-])c1. The molecule has 0 saturated heterocycles. The fourth-order valence-corrected chi connectivity index (χ4v) is 4.19. The number of esters is 1. The van der Waals surface area contributed by atoms with Gasteiger partial charge in [-0.1, -0.05) is 31.5 Å². The van der Waals surface area contributed by atoms with Gasteiger partial charge in [0.15, 0.2) is 5.78 Å². The summed E-state index contributed by atoms with van der Waals surface area (Å²) in [5, 5.41) is 14.5. The van der Waals surface area contributed by atoms with Crippen LogP contribution >= 0.6 is 11.6 Å². The molecule has 28 heavy (non-hydrogen) atoms. The number of ether oxygens (including phenoxy) is 1. The number of dihydropyridines is 1. The summed E-state index contributed by atoms with van der Waals surface area (Å²) in [7, 11) is 1.26. The second-order valence-electron chi connectivity index (χ2n) is 7.89. The molecule has 148 valence electrons. The van der Waals surface area contributed by atoms with Crippen LogP contribution in [-0.4, -0.2) is 23.8 Å². The van der Waals surface area contributed by atoms with E-state index in [0.717, 1.165) is 5.70 Å². The maximum absolute atomic E-state index is 13.0. The van der Waals surface area contributed by atoms with E-state index in [4.69, 9.17) is 16.3 Å². The van der Waals surface area contributed by atoms with Crippen molar-refractivity contribution in [1.82, 2.24) is 5.32 Å². The van der Waals surface area contributed by atoms with Crippen molar-refractivity contribution in [3.05, 3.63) is 61.4 Å². The van der Waals surface area contributed by atoms with Crippen LogP contribution in [0.15, 0.2) is 40.7 Å². The summed E-state index contributed by atoms with van der Waals surface area (Å²) < 4.78 is 4.94. The number of Topliss-reactive ketones (excluding diaryl/α,β-unsaturated/α-hetero) is 1. The van der Waals surface area contributed by atoms with Crippen LogP contribution in [0.5, 0.6) is 0 Å². The first-order valence-electron chi connectivity index (χ1n) is 8.82. The molecule has 0 saturated carbocycles. The number of methoxy groups -OCH3 is 1. The summed E-state index contributed by atoms with van der Waals surface area (Å²) in [6.45, 7) is 5.75. The molecule has 1 unspecified atom stereocenters. The molecule has 2 aliphatic rings. The number of nitrogens with zero attached hydrogens (tertiary/aromatic N) is 1. The zero-order valence-electron chi connectivity index (χ0n) is 16.1. The maximum Gasteiger partial charge on any atom is 0.336 e. The molecule has 0 bridgehead atoms. The fourth-order valence-electron chi connectivity index (χ4n) is 4.00. The normalized spacial score (nSPS) is 21.2. The smallest absolute Gasteiger partial charge is 0.336 e. The van der Waals surface area contributed by atoms with Crippen LogP contribution in [-0.2, 0) is 14.3 Å². The lowest BCUT2D eigenvalue weighted by Gasteiger charge is -2.39. The molecule has 1 aliphatic carbocycles. The van der Waals surface area contributed by atoms with Crippen LogP contribution in [0, 0.1) is 15.5 Å². The van der Waals surface area contributed by atoms with Gasteiger partial charge in [-0.05, 0) is 30.4 Å². The number of hydrogen-bond donors (Lipinski definition) is 1. The quantitative estimate of drug-likeness (QED) is 0.464. The molecular weight excluding hydrogens is 384 g/mol. The number of halogens is 1. The molecule has 0 radical (unpaired) electrons. The molecule has 1 aromatic carbocycles. The van der Waals surface area contributed by atoms with E-state index in [2.05, 4.69) is 5.32 Å². The van der Waals surface area contributed by atoms with Gasteiger partial charge in [0.25, 0.3) is 5.69 Å². The van der Waals surface area contributed by atoms with Crippen LogP contribution in [0.3, 0.4) is 0 Å². The van der Waals surface area contributed by atoms with Crippen molar-refractivity contribution in [1.29, 1.82) is 0 Å². The van der Waals surface area contributed by atoms with Gasteiger partial charge in [0.05, 0.1) is 17.6 Å². The first-order valence-corrected chi connectivity index (χ1v) is 9.19. The number of hydrogen-bond acceptors (Lipinski definition) is 6. The number of benzene rings is 1. The third-order valence-corrected chi connectivity index (χ3v) is 5.46. The Hall–Kier alpha value is -2.67. The van der Waals surface area contributed by atoms with Crippen LogP contribution in [0.2, 0.25) is 5.02 Å². The van der Waals surface area contributed by atoms with Crippen LogP contribution in [0.4, 0.5) is 5.69 Å². The molecule has 1 heterocycles. The highest BCUT2D eigenvalue weighted by atomic mass is 35.5. The average Bonchev–Trinajstić information content (AvgIpc) is 2.59. The van der Waals surface area contributed by atoms with Gasteiger partial charge in [0.2, 0.25) is 0 Å². The van der Waals surface area contributed by atoms with E-state index in [-0.39, 0.29) is 27.5 Å². The van der Waals surface area contributed by atoms with E-state index < -0.39 is 16.8 Å². The third-order valence-electron chi connectivity index (χ3n) is 5.15. The van der Waals surface area contributed by atoms with Gasteiger partial charge in [-0.25, -0.2) is 4.79 Å². The summed E-state index contributed by atoms with van der Waals surface area (Å²) >= 11 is 5.95. The summed E-state index contributed by atoms with van der Waals surface area (Å²) in [6.07, 6.45) is 0.958. The van der Waals surface area contributed by atoms with Crippen LogP contribution in [0.25, 0.3) is 0 Å². The molecule has 0 aromatic heterocycles. The molecule has 3 rings (SSSR count). The number of nitro groups is 1. The van der Waals surface area contributed by atoms with Crippen molar-refractivity contribution in [2.45, 2.75) is 39.5 Å². The first-order chi connectivity index (χ1) is 13.1. The lowest BCUT2D eigenvalue weighted by molar-refractivity contribution is -0.384. The molecule has 1 N–H and O–H groups in total. The molecule has 8 heteroatoms. The lowest BCUT2D eigenvalue weighted by atomic mass is 9.68. The Bertz CT molecular complexity index is 961. The van der Waals surface area contributed by atoms with Gasteiger partial charge in [-0.2, -0.15) is 0 Å². The summed E-state index contributed by atoms with van der Waals surface area (Å²) in [6, 6.07) is 4.35. The Morgan fingerprint density at radius 2 is 2.04 bits per heavy atom. The predicted molar refractivity (Wildman–Crippen MR) is 104 cm³/mol. The van der Waals surface area contributed by atoms with Crippen molar-refractivity contribution in [2.75, 3.05) is 7.11 Å². The van der Waals surface area contributed by atoms with E-state index >= 15 is 0 Å². The second-order valence-corrected chi connectivity index (χ2v) is 8.30. The van der Waals surface area contributed by atoms with E-state index in [1.165, 1.54) is 19.2 Å². The van der Waals surface area contributed by atoms with E-state index in [0.29, 0.717) is 29.7 Å². The predicted octanol–water partition coefficient (Wildman–Crippen LogP) is 4.03. The fraction of sp³-hybridized carbons (Fsp3) is 0.400. The minimum absolute atomic E-state index is 0.00619. The second kappa shape index (κ2) is 7.05. The minimum Gasteiger partial charge on any atom is -0.466 e. The van der Waals surface area contributed by atoms with Crippen molar-refractivity contribution < 1.29 is 19.2 Å². The van der Waals surface area contributed by atoms with E-state index in [1.54, 1.807) is 13.0 Å². The maximum atomic E-state index is 13.0. The number of carbonyl (C=O) groups is 2. The Balaban J connectivity index is 2.25. The van der Waals surface area contributed by atoms with Crippen molar-refractivity contribution in [3.8, 4) is 0 Å². The molecule has 0 amide bonds. The van der Waals surface area contributed by atoms with Crippen LogP contribution in [0.1, 0.15) is 45.1 Å². The monoisotopic (exact) mass is 404 g/mol. The average molecular weight is 405 g/mol.